The van der Waals surface area contributed by atoms with E-state index in [1.54, 1.807) is 36.4 Å². The number of nitrogens with zero attached hydrogens (tertiary/aromatic N) is 1. The van der Waals surface area contributed by atoms with Crippen molar-refractivity contribution in [2.75, 3.05) is 12.4 Å². The molecular formula is C24H17ClN2O3. The Hall–Kier alpha value is -3.70. The zero-order valence-corrected chi connectivity index (χ0v) is 16.8. The van der Waals surface area contributed by atoms with E-state index in [-0.39, 0.29) is 5.91 Å². The molecule has 0 aliphatic carbocycles. The highest BCUT2D eigenvalue weighted by atomic mass is 35.5. The number of hydrogen-bond acceptors (Lipinski definition) is 4. The molecule has 0 saturated carbocycles. The molecule has 30 heavy (non-hydrogen) atoms. The van der Waals surface area contributed by atoms with Crippen molar-refractivity contribution in [2.24, 2.45) is 0 Å². The van der Waals surface area contributed by atoms with Crippen molar-refractivity contribution in [2.45, 2.75) is 0 Å². The van der Waals surface area contributed by atoms with E-state index in [1.165, 1.54) is 7.11 Å². The fourth-order valence-corrected chi connectivity index (χ4v) is 3.41. The fourth-order valence-electron chi connectivity index (χ4n) is 3.18. The van der Waals surface area contributed by atoms with Crippen molar-refractivity contribution < 1.29 is 14.3 Å². The Balaban J connectivity index is 1.73. The van der Waals surface area contributed by atoms with Gasteiger partial charge in [-0.15, -0.1) is 0 Å². The molecule has 0 aliphatic heterocycles. The van der Waals surface area contributed by atoms with Crippen LogP contribution < -0.4 is 5.32 Å². The summed E-state index contributed by atoms with van der Waals surface area (Å²) in [4.78, 5) is 29.4. The van der Waals surface area contributed by atoms with Crippen LogP contribution in [-0.4, -0.2) is 24.0 Å². The van der Waals surface area contributed by atoms with E-state index >= 15 is 0 Å². The summed E-state index contributed by atoms with van der Waals surface area (Å²) < 4.78 is 4.70. The van der Waals surface area contributed by atoms with Crippen LogP contribution in [0.3, 0.4) is 0 Å². The Bertz CT molecular complexity index is 1250. The second kappa shape index (κ2) is 8.35. The van der Waals surface area contributed by atoms with E-state index in [2.05, 4.69) is 10.3 Å². The lowest BCUT2D eigenvalue weighted by molar-refractivity contribution is 0.0600. The van der Waals surface area contributed by atoms with Gasteiger partial charge in [0.25, 0.3) is 5.91 Å². The van der Waals surface area contributed by atoms with Gasteiger partial charge in [0, 0.05) is 21.7 Å². The molecule has 0 radical (unpaired) electrons. The molecule has 1 N–H and O–H groups in total. The number of carbonyl (C=O) groups is 2. The molecule has 5 nitrogen and oxygen atoms in total. The molecule has 4 aromatic rings. The van der Waals surface area contributed by atoms with Crippen molar-refractivity contribution in [3.8, 4) is 11.3 Å². The van der Waals surface area contributed by atoms with Crippen LogP contribution >= 0.6 is 11.6 Å². The van der Waals surface area contributed by atoms with Crippen LogP contribution in [-0.2, 0) is 4.74 Å². The molecule has 3 aromatic carbocycles. The Morgan fingerprint density at radius 3 is 2.37 bits per heavy atom. The predicted octanol–water partition coefficient (Wildman–Crippen LogP) is 5.59. The van der Waals surface area contributed by atoms with Crippen LogP contribution in [0.25, 0.3) is 22.2 Å². The SMILES string of the molecule is COC(=O)c1ccc(NC(=O)c2cc(-c3ccccc3Cl)nc3ccccc23)cc1. The molecule has 0 bridgehead atoms. The van der Waals surface area contributed by atoms with Crippen molar-refractivity contribution in [3.63, 3.8) is 0 Å². The molecule has 0 unspecified atom stereocenters. The third-order valence-electron chi connectivity index (χ3n) is 4.67. The van der Waals surface area contributed by atoms with Gasteiger partial charge in [0.2, 0.25) is 0 Å². The fraction of sp³-hybridized carbons (Fsp3) is 0.0417. The number of hydrogen-bond donors (Lipinski definition) is 1. The van der Waals surface area contributed by atoms with Gasteiger partial charge < -0.3 is 10.1 Å². The summed E-state index contributed by atoms with van der Waals surface area (Å²) in [5.74, 6) is -0.717. The van der Waals surface area contributed by atoms with Gasteiger partial charge in [-0.2, -0.15) is 0 Å². The molecule has 0 spiro atoms. The number of methoxy groups -OCH3 is 1. The van der Waals surface area contributed by atoms with Crippen molar-refractivity contribution in [1.82, 2.24) is 4.98 Å². The lowest BCUT2D eigenvalue weighted by Gasteiger charge is -2.11. The number of para-hydroxylation sites is 1. The van der Waals surface area contributed by atoms with E-state index in [9.17, 15) is 9.59 Å². The van der Waals surface area contributed by atoms with E-state index in [0.29, 0.717) is 33.0 Å². The summed E-state index contributed by atoms with van der Waals surface area (Å²) in [7, 11) is 1.32. The number of nitrogens with one attached hydrogen (secondary N) is 1. The number of anilines is 1. The number of aromatic nitrogens is 1. The lowest BCUT2D eigenvalue weighted by atomic mass is 10.0. The number of ether oxygens (including phenoxy) is 1. The summed E-state index contributed by atoms with van der Waals surface area (Å²) in [6, 6.07) is 23.1. The Kier molecular flexibility index (Phi) is 5.46. The summed E-state index contributed by atoms with van der Waals surface area (Å²) in [5, 5.41) is 4.17. The average molecular weight is 417 g/mol. The van der Waals surface area contributed by atoms with Crippen molar-refractivity contribution in [1.29, 1.82) is 0 Å². The standard InChI is InChI=1S/C24H17ClN2O3/c1-30-24(29)15-10-12-16(13-11-15)26-23(28)19-14-22(18-7-2-4-8-20(18)25)27-21-9-5-3-6-17(19)21/h2-14H,1H3,(H,26,28). The summed E-state index contributed by atoms with van der Waals surface area (Å²) in [5.41, 5.74) is 3.51. The van der Waals surface area contributed by atoms with E-state index in [4.69, 9.17) is 16.3 Å². The smallest absolute Gasteiger partial charge is 0.337 e. The zero-order valence-electron chi connectivity index (χ0n) is 16.1. The quantitative estimate of drug-likeness (QED) is 0.440. The monoisotopic (exact) mass is 416 g/mol. The van der Waals surface area contributed by atoms with E-state index in [1.807, 2.05) is 42.5 Å². The molecule has 1 heterocycles. The van der Waals surface area contributed by atoms with Gasteiger partial charge in [-0.25, -0.2) is 9.78 Å². The maximum Gasteiger partial charge on any atom is 0.337 e. The van der Waals surface area contributed by atoms with Gasteiger partial charge in [0.15, 0.2) is 0 Å². The van der Waals surface area contributed by atoms with Crippen LogP contribution in [0.1, 0.15) is 20.7 Å². The first-order valence-corrected chi connectivity index (χ1v) is 9.59. The Morgan fingerprint density at radius 2 is 1.63 bits per heavy atom. The summed E-state index contributed by atoms with van der Waals surface area (Å²) in [6.45, 7) is 0. The Labute approximate surface area is 178 Å². The van der Waals surface area contributed by atoms with Crippen LogP contribution in [0.5, 0.6) is 0 Å². The zero-order chi connectivity index (χ0) is 21.1. The van der Waals surface area contributed by atoms with Crippen LogP contribution in [0.15, 0.2) is 78.9 Å². The first-order valence-electron chi connectivity index (χ1n) is 9.21. The predicted molar refractivity (Wildman–Crippen MR) is 118 cm³/mol. The molecule has 0 aliphatic rings. The minimum absolute atomic E-state index is 0.285. The first-order chi connectivity index (χ1) is 14.6. The topological polar surface area (TPSA) is 68.3 Å². The third kappa shape index (κ3) is 3.88. The number of benzene rings is 3. The number of amides is 1. The highest BCUT2D eigenvalue weighted by Gasteiger charge is 2.15. The van der Waals surface area contributed by atoms with Gasteiger partial charge in [0.1, 0.15) is 0 Å². The molecule has 0 atom stereocenters. The highest BCUT2D eigenvalue weighted by molar-refractivity contribution is 6.33. The molecular weight excluding hydrogens is 400 g/mol. The van der Waals surface area contributed by atoms with Crippen LogP contribution in [0, 0.1) is 0 Å². The number of esters is 1. The number of rotatable bonds is 4. The van der Waals surface area contributed by atoms with Gasteiger partial charge in [-0.05, 0) is 42.5 Å². The second-order valence-corrected chi connectivity index (χ2v) is 6.98. The van der Waals surface area contributed by atoms with Gasteiger partial charge in [0.05, 0.1) is 29.4 Å². The summed E-state index contributed by atoms with van der Waals surface area (Å²) in [6.07, 6.45) is 0. The molecule has 1 amide bonds. The number of carbonyl (C=O) groups excluding carboxylic acids is 2. The maximum absolute atomic E-state index is 13.1. The van der Waals surface area contributed by atoms with Crippen LogP contribution in [0.2, 0.25) is 5.02 Å². The van der Waals surface area contributed by atoms with E-state index in [0.717, 1.165) is 10.9 Å². The highest BCUT2D eigenvalue weighted by Crippen LogP contribution is 2.30. The number of fused-ring (bicyclic) bond motifs is 1. The van der Waals surface area contributed by atoms with Crippen molar-refractivity contribution >= 4 is 40.1 Å². The van der Waals surface area contributed by atoms with Crippen molar-refractivity contribution in [3.05, 3.63) is 95.0 Å². The minimum atomic E-state index is -0.433. The molecule has 6 heteroatoms. The maximum atomic E-state index is 13.1. The first kappa shape index (κ1) is 19.6. The van der Waals surface area contributed by atoms with Crippen LogP contribution in [0.4, 0.5) is 5.69 Å². The largest absolute Gasteiger partial charge is 0.465 e. The molecule has 0 fully saturated rings. The van der Waals surface area contributed by atoms with E-state index < -0.39 is 5.97 Å². The average Bonchev–Trinajstić information content (AvgIpc) is 2.78. The third-order valence-corrected chi connectivity index (χ3v) is 5.00. The number of pyridine rings is 1. The molecule has 148 valence electrons. The van der Waals surface area contributed by atoms with Gasteiger partial charge in [-0.3, -0.25) is 4.79 Å². The molecule has 1 aromatic heterocycles. The molecule has 0 saturated heterocycles. The Morgan fingerprint density at radius 1 is 0.933 bits per heavy atom. The number of halogens is 1. The molecule has 4 rings (SSSR count). The second-order valence-electron chi connectivity index (χ2n) is 6.58. The van der Waals surface area contributed by atoms with Gasteiger partial charge >= 0.3 is 5.97 Å². The lowest BCUT2D eigenvalue weighted by Crippen LogP contribution is -2.13. The normalized spacial score (nSPS) is 10.6. The van der Waals surface area contributed by atoms with Gasteiger partial charge in [-0.1, -0.05) is 48.0 Å². The summed E-state index contributed by atoms with van der Waals surface area (Å²) >= 11 is 6.35. The minimum Gasteiger partial charge on any atom is -0.465 e.